The van der Waals surface area contributed by atoms with Gasteiger partial charge in [0.05, 0.1) is 10.2 Å². The second-order valence-corrected chi connectivity index (χ2v) is 4.83. The van der Waals surface area contributed by atoms with Crippen molar-refractivity contribution in [2.75, 3.05) is 32.5 Å². The molecule has 0 saturated heterocycles. The average Bonchev–Trinajstić information content (AvgIpc) is 2.83. The van der Waals surface area contributed by atoms with Crippen LogP contribution in [-0.2, 0) is 0 Å². The second-order valence-electron chi connectivity index (χ2n) is 3.91. The lowest BCUT2D eigenvalue weighted by molar-refractivity contribution is 0.218. The molecule has 6 nitrogen and oxygen atoms in total. The third-order valence-corrected chi connectivity index (χ3v) is 3.25. The average molecular weight is 265 g/mol. The van der Waals surface area contributed by atoms with E-state index in [0.717, 1.165) is 16.0 Å². The van der Waals surface area contributed by atoms with Gasteiger partial charge in [0.2, 0.25) is 0 Å². The van der Waals surface area contributed by atoms with Crippen LogP contribution < -0.4 is 10.6 Å². The Balaban J connectivity index is 1.87. The number of carbonyl (C=O) groups is 1. The molecule has 96 valence electrons. The maximum atomic E-state index is 11.3. The maximum absolute atomic E-state index is 11.3. The van der Waals surface area contributed by atoms with E-state index in [1.54, 1.807) is 25.4 Å². The van der Waals surface area contributed by atoms with Crippen LogP contribution in [0.3, 0.4) is 0 Å². The zero-order valence-electron chi connectivity index (χ0n) is 10.3. The van der Waals surface area contributed by atoms with Crippen LogP contribution in [-0.4, -0.2) is 48.1 Å². The minimum absolute atomic E-state index is 0.0965. The Morgan fingerprint density at radius 3 is 3.00 bits per heavy atom. The summed E-state index contributed by atoms with van der Waals surface area (Å²) in [6.45, 7) is 1.18. The van der Waals surface area contributed by atoms with Gasteiger partial charge in [-0.15, -0.1) is 11.3 Å². The Hall–Kier alpha value is -1.89. The molecule has 0 aliphatic carbocycles. The highest BCUT2D eigenvalue weighted by molar-refractivity contribution is 7.17. The molecule has 2 aromatic rings. The van der Waals surface area contributed by atoms with Crippen molar-refractivity contribution in [1.82, 2.24) is 20.2 Å². The van der Waals surface area contributed by atoms with E-state index >= 15 is 0 Å². The molecule has 18 heavy (non-hydrogen) atoms. The first-order valence-electron chi connectivity index (χ1n) is 5.55. The van der Waals surface area contributed by atoms with Gasteiger partial charge in [-0.1, -0.05) is 0 Å². The van der Waals surface area contributed by atoms with Crippen LogP contribution in [0.4, 0.5) is 10.6 Å². The van der Waals surface area contributed by atoms with E-state index in [9.17, 15) is 4.79 Å². The third-order valence-electron chi connectivity index (χ3n) is 2.34. The number of hydrogen-bond acceptors (Lipinski definition) is 5. The van der Waals surface area contributed by atoms with Gasteiger partial charge in [-0.05, 0) is 11.4 Å². The van der Waals surface area contributed by atoms with Crippen molar-refractivity contribution in [2.45, 2.75) is 0 Å². The number of thiophene rings is 1. The lowest BCUT2D eigenvalue weighted by Crippen LogP contribution is -2.37. The highest BCUT2D eigenvalue weighted by atomic mass is 32.1. The van der Waals surface area contributed by atoms with Gasteiger partial charge < -0.3 is 15.5 Å². The van der Waals surface area contributed by atoms with E-state index < -0.39 is 0 Å². The fourth-order valence-corrected chi connectivity index (χ4v) is 2.23. The first-order chi connectivity index (χ1) is 8.68. The molecule has 7 heteroatoms. The van der Waals surface area contributed by atoms with E-state index in [0.29, 0.717) is 13.1 Å². The van der Waals surface area contributed by atoms with Gasteiger partial charge in [0, 0.05) is 27.2 Å². The minimum atomic E-state index is -0.0965. The maximum Gasteiger partial charge on any atom is 0.316 e. The zero-order valence-corrected chi connectivity index (χ0v) is 11.1. The minimum Gasteiger partial charge on any atom is -0.367 e. The molecular weight excluding hydrogens is 250 g/mol. The van der Waals surface area contributed by atoms with Crippen LogP contribution >= 0.6 is 11.3 Å². The van der Waals surface area contributed by atoms with E-state index in [1.165, 1.54) is 11.2 Å². The van der Waals surface area contributed by atoms with Gasteiger partial charge >= 0.3 is 6.03 Å². The predicted molar refractivity (Wildman–Crippen MR) is 73.0 cm³/mol. The lowest BCUT2D eigenvalue weighted by atomic mass is 10.4. The Kier molecular flexibility index (Phi) is 3.93. The summed E-state index contributed by atoms with van der Waals surface area (Å²) in [4.78, 5) is 21.2. The Morgan fingerprint density at radius 2 is 2.22 bits per heavy atom. The van der Waals surface area contributed by atoms with Crippen LogP contribution in [0.5, 0.6) is 0 Å². The largest absolute Gasteiger partial charge is 0.367 e. The molecule has 0 aromatic carbocycles. The summed E-state index contributed by atoms with van der Waals surface area (Å²) < 4.78 is 1.04. The van der Waals surface area contributed by atoms with Crippen LogP contribution in [0.1, 0.15) is 0 Å². The number of anilines is 1. The quantitative estimate of drug-likeness (QED) is 0.819. The number of amides is 2. The number of nitrogens with zero attached hydrogens (tertiary/aromatic N) is 3. The summed E-state index contributed by atoms with van der Waals surface area (Å²) >= 11 is 1.60. The van der Waals surface area contributed by atoms with Gasteiger partial charge in [-0.25, -0.2) is 14.8 Å². The van der Waals surface area contributed by atoms with Gasteiger partial charge in [-0.3, -0.25) is 0 Å². The van der Waals surface area contributed by atoms with Gasteiger partial charge in [0.1, 0.15) is 12.1 Å². The summed E-state index contributed by atoms with van der Waals surface area (Å²) in [7, 11) is 3.42. The summed E-state index contributed by atoms with van der Waals surface area (Å²) in [6, 6.07) is 1.86. The molecule has 2 N–H and O–H groups in total. The molecule has 2 heterocycles. The van der Waals surface area contributed by atoms with Crippen molar-refractivity contribution >= 4 is 33.4 Å². The molecule has 0 bridgehead atoms. The van der Waals surface area contributed by atoms with Crippen LogP contribution in [0.25, 0.3) is 10.2 Å². The normalized spacial score (nSPS) is 10.3. The van der Waals surface area contributed by atoms with Crippen molar-refractivity contribution < 1.29 is 4.79 Å². The number of nitrogens with one attached hydrogen (secondary N) is 2. The van der Waals surface area contributed by atoms with Crippen molar-refractivity contribution in [3.8, 4) is 0 Å². The standard InChI is InChI=1S/C11H15N5OS/c1-16(2)11(17)13-5-4-12-10-9-8(3-6-18-9)14-7-15-10/h3,6-7H,4-5H2,1-2H3,(H,13,17)(H,12,14,15). The Bertz CT molecular complexity index is 539. The number of urea groups is 1. The number of fused-ring (bicyclic) bond motifs is 1. The molecule has 0 radical (unpaired) electrons. The van der Waals surface area contributed by atoms with Crippen LogP contribution in [0, 0.1) is 0 Å². The van der Waals surface area contributed by atoms with Gasteiger partial charge in [-0.2, -0.15) is 0 Å². The van der Waals surface area contributed by atoms with Crippen molar-refractivity contribution in [1.29, 1.82) is 0 Å². The first kappa shape index (κ1) is 12.6. The second kappa shape index (κ2) is 5.63. The van der Waals surface area contributed by atoms with Crippen molar-refractivity contribution in [3.63, 3.8) is 0 Å². The summed E-state index contributed by atoms with van der Waals surface area (Å²) in [5.41, 5.74) is 0.940. The molecule has 0 saturated carbocycles. The molecule has 2 rings (SSSR count). The lowest BCUT2D eigenvalue weighted by Gasteiger charge is -2.12. The van der Waals surface area contributed by atoms with E-state index in [-0.39, 0.29) is 6.03 Å². The molecular formula is C11H15N5OS. The highest BCUT2D eigenvalue weighted by Gasteiger charge is 2.05. The molecule has 0 fully saturated rings. The molecule has 0 spiro atoms. The van der Waals surface area contributed by atoms with E-state index in [1.807, 2.05) is 11.4 Å². The number of hydrogen-bond donors (Lipinski definition) is 2. The number of aromatic nitrogens is 2. The van der Waals surface area contributed by atoms with Crippen molar-refractivity contribution in [3.05, 3.63) is 17.8 Å². The fraction of sp³-hybridized carbons (Fsp3) is 0.364. The molecule has 0 aliphatic heterocycles. The highest BCUT2D eigenvalue weighted by Crippen LogP contribution is 2.24. The Morgan fingerprint density at radius 1 is 1.39 bits per heavy atom. The number of carbonyl (C=O) groups excluding carboxylic acids is 1. The summed E-state index contributed by atoms with van der Waals surface area (Å²) in [6.07, 6.45) is 1.54. The van der Waals surface area contributed by atoms with Gasteiger partial charge in [0.15, 0.2) is 0 Å². The van der Waals surface area contributed by atoms with E-state index in [2.05, 4.69) is 20.6 Å². The van der Waals surface area contributed by atoms with Crippen molar-refractivity contribution in [2.24, 2.45) is 0 Å². The van der Waals surface area contributed by atoms with Crippen LogP contribution in [0.2, 0.25) is 0 Å². The Labute approximate surface area is 109 Å². The fourth-order valence-electron chi connectivity index (χ4n) is 1.42. The summed E-state index contributed by atoms with van der Waals surface area (Å²) in [5, 5.41) is 7.96. The third kappa shape index (κ3) is 2.86. The monoisotopic (exact) mass is 265 g/mol. The topological polar surface area (TPSA) is 70.2 Å². The molecule has 2 aromatic heterocycles. The smallest absolute Gasteiger partial charge is 0.316 e. The first-order valence-corrected chi connectivity index (χ1v) is 6.43. The van der Waals surface area contributed by atoms with E-state index in [4.69, 9.17) is 0 Å². The molecule has 2 amide bonds. The molecule has 0 atom stereocenters. The van der Waals surface area contributed by atoms with Gasteiger partial charge in [0.25, 0.3) is 0 Å². The summed E-state index contributed by atoms with van der Waals surface area (Å²) in [5.74, 6) is 0.814. The molecule has 0 unspecified atom stereocenters. The zero-order chi connectivity index (χ0) is 13.0. The SMILES string of the molecule is CN(C)C(=O)NCCNc1ncnc2ccsc12. The predicted octanol–water partition coefficient (Wildman–Crippen LogP) is 1.37. The van der Waals surface area contributed by atoms with Crippen LogP contribution in [0.15, 0.2) is 17.8 Å². The number of rotatable bonds is 4. The molecule has 0 aliphatic rings.